The van der Waals surface area contributed by atoms with Crippen molar-refractivity contribution in [2.45, 2.75) is 45.1 Å². The van der Waals surface area contributed by atoms with Crippen LogP contribution < -0.4 is 5.32 Å². The Bertz CT molecular complexity index is 621. The molecule has 2 aromatic rings. The lowest BCUT2D eigenvalue weighted by molar-refractivity contribution is 0.475. The molecule has 112 valence electrons. The van der Waals surface area contributed by atoms with Crippen LogP contribution in [0.4, 0.5) is 0 Å². The Hall–Kier alpha value is -0.710. The first-order valence-corrected chi connectivity index (χ1v) is 9.24. The molecule has 0 spiro atoms. The summed E-state index contributed by atoms with van der Waals surface area (Å²) < 4.78 is 1.13. The maximum Gasteiger partial charge on any atom is 0.125 e. The maximum atomic E-state index is 4.99. The van der Waals surface area contributed by atoms with Crippen LogP contribution in [0.3, 0.4) is 0 Å². The number of aryl methyl sites for hydroxylation is 1. The Morgan fingerprint density at radius 1 is 1.38 bits per heavy atom. The molecule has 1 unspecified atom stereocenters. The number of thiazole rings is 1. The molecule has 1 atom stereocenters. The average Bonchev–Trinajstić information content (AvgIpc) is 2.89. The van der Waals surface area contributed by atoms with E-state index in [-0.39, 0.29) is 0 Å². The number of fused-ring (bicyclic) bond motifs is 1. The van der Waals surface area contributed by atoms with Crippen molar-refractivity contribution < 1.29 is 0 Å². The van der Waals surface area contributed by atoms with E-state index in [2.05, 4.69) is 59.4 Å². The largest absolute Gasteiger partial charge is 0.314 e. The van der Waals surface area contributed by atoms with Gasteiger partial charge in [0, 0.05) is 33.4 Å². The molecule has 0 fully saturated rings. The Morgan fingerprint density at radius 3 is 2.95 bits per heavy atom. The first-order valence-electron chi connectivity index (χ1n) is 7.63. The minimum Gasteiger partial charge on any atom is -0.314 e. The van der Waals surface area contributed by atoms with Crippen molar-refractivity contribution in [2.24, 2.45) is 0 Å². The van der Waals surface area contributed by atoms with Gasteiger partial charge < -0.3 is 5.32 Å². The van der Waals surface area contributed by atoms with Gasteiger partial charge in [0.05, 0.1) is 5.69 Å². The number of benzene rings is 1. The molecule has 1 aliphatic carbocycles. The monoisotopic (exact) mass is 364 g/mol. The van der Waals surface area contributed by atoms with Crippen molar-refractivity contribution >= 4 is 27.3 Å². The maximum absolute atomic E-state index is 4.99. The molecule has 0 bridgehead atoms. The van der Waals surface area contributed by atoms with Gasteiger partial charge in [-0.1, -0.05) is 48.0 Å². The number of hydrogen-bond acceptors (Lipinski definition) is 3. The Morgan fingerprint density at radius 2 is 2.19 bits per heavy atom. The van der Waals surface area contributed by atoms with Gasteiger partial charge in [0.1, 0.15) is 5.01 Å². The van der Waals surface area contributed by atoms with Crippen LogP contribution in [0.1, 0.15) is 43.2 Å². The molecule has 0 saturated heterocycles. The third-order valence-corrected chi connectivity index (χ3v) is 5.80. The van der Waals surface area contributed by atoms with Gasteiger partial charge in [-0.3, -0.25) is 0 Å². The summed E-state index contributed by atoms with van der Waals surface area (Å²) in [5.41, 5.74) is 2.55. The minimum absolute atomic E-state index is 0.539. The molecule has 0 radical (unpaired) electrons. The quantitative estimate of drug-likeness (QED) is 0.826. The van der Waals surface area contributed by atoms with Crippen molar-refractivity contribution in [1.29, 1.82) is 0 Å². The number of halogens is 1. The number of nitrogens with one attached hydrogen (secondary N) is 1. The SMILES string of the molecule is CC(C)NCC1CCCc2sc(-c3ccccc3Br)nc21. The molecule has 1 heterocycles. The summed E-state index contributed by atoms with van der Waals surface area (Å²) in [4.78, 5) is 6.48. The van der Waals surface area contributed by atoms with Gasteiger partial charge in [-0.05, 0) is 25.3 Å². The van der Waals surface area contributed by atoms with E-state index >= 15 is 0 Å². The number of nitrogens with zero attached hydrogens (tertiary/aromatic N) is 1. The summed E-state index contributed by atoms with van der Waals surface area (Å²) in [5, 5.41) is 4.73. The van der Waals surface area contributed by atoms with Crippen molar-refractivity contribution in [1.82, 2.24) is 10.3 Å². The normalized spacial score (nSPS) is 18.0. The third kappa shape index (κ3) is 3.38. The summed E-state index contributed by atoms with van der Waals surface area (Å²) >= 11 is 5.52. The fraction of sp³-hybridized carbons (Fsp3) is 0.471. The standard InChI is InChI=1S/C17H21BrN2S/c1-11(2)19-10-12-6-5-9-15-16(12)20-17(21-15)13-7-3-4-8-14(13)18/h3-4,7-8,11-12,19H,5-6,9-10H2,1-2H3. The summed E-state index contributed by atoms with van der Waals surface area (Å²) in [6, 6.07) is 8.91. The van der Waals surface area contributed by atoms with Crippen LogP contribution in [-0.4, -0.2) is 17.6 Å². The molecule has 3 rings (SSSR count). The van der Waals surface area contributed by atoms with Gasteiger partial charge >= 0.3 is 0 Å². The highest BCUT2D eigenvalue weighted by molar-refractivity contribution is 9.10. The average molecular weight is 365 g/mol. The van der Waals surface area contributed by atoms with Crippen LogP contribution in [0.25, 0.3) is 10.6 Å². The molecule has 0 amide bonds. The third-order valence-electron chi connectivity index (χ3n) is 3.95. The van der Waals surface area contributed by atoms with Crippen LogP contribution in [0, 0.1) is 0 Å². The van der Waals surface area contributed by atoms with E-state index < -0.39 is 0 Å². The highest BCUT2D eigenvalue weighted by Gasteiger charge is 2.25. The lowest BCUT2D eigenvalue weighted by atomic mass is 9.91. The highest BCUT2D eigenvalue weighted by Crippen LogP contribution is 2.39. The zero-order chi connectivity index (χ0) is 14.8. The van der Waals surface area contributed by atoms with E-state index in [9.17, 15) is 0 Å². The Kier molecular flexibility index (Phi) is 4.77. The van der Waals surface area contributed by atoms with Gasteiger partial charge in [-0.25, -0.2) is 4.98 Å². The van der Waals surface area contributed by atoms with E-state index in [1.807, 2.05) is 11.3 Å². The first-order chi connectivity index (χ1) is 10.1. The van der Waals surface area contributed by atoms with Crippen LogP contribution in [-0.2, 0) is 6.42 Å². The molecule has 2 nitrogen and oxygen atoms in total. The molecular weight excluding hydrogens is 344 g/mol. The zero-order valence-corrected chi connectivity index (χ0v) is 14.9. The summed E-state index contributed by atoms with van der Waals surface area (Å²) in [6.07, 6.45) is 3.73. The second-order valence-corrected chi connectivity index (χ2v) is 7.90. The van der Waals surface area contributed by atoms with Crippen molar-refractivity contribution in [3.05, 3.63) is 39.3 Å². The highest BCUT2D eigenvalue weighted by atomic mass is 79.9. The molecule has 1 aromatic heterocycles. The molecule has 1 N–H and O–H groups in total. The first kappa shape index (κ1) is 15.2. The predicted molar refractivity (Wildman–Crippen MR) is 94.1 cm³/mol. The lowest BCUT2D eigenvalue weighted by Crippen LogP contribution is -2.29. The van der Waals surface area contributed by atoms with Crippen molar-refractivity contribution in [2.75, 3.05) is 6.54 Å². The van der Waals surface area contributed by atoms with Gasteiger partial charge in [-0.15, -0.1) is 11.3 Å². The van der Waals surface area contributed by atoms with E-state index in [1.165, 1.54) is 35.4 Å². The predicted octanol–water partition coefficient (Wildman–Crippen LogP) is 4.99. The van der Waals surface area contributed by atoms with Gasteiger partial charge in [0.25, 0.3) is 0 Å². The second-order valence-electron chi connectivity index (χ2n) is 5.96. The second kappa shape index (κ2) is 6.59. The molecule has 0 saturated carbocycles. The molecule has 4 heteroatoms. The van der Waals surface area contributed by atoms with Crippen LogP contribution in [0.15, 0.2) is 28.7 Å². The number of rotatable bonds is 4. The van der Waals surface area contributed by atoms with Gasteiger partial charge in [0.2, 0.25) is 0 Å². The van der Waals surface area contributed by atoms with E-state index in [0.29, 0.717) is 12.0 Å². The Balaban J connectivity index is 1.89. The molecule has 0 aliphatic heterocycles. The summed E-state index contributed by atoms with van der Waals surface area (Å²) in [7, 11) is 0. The topological polar surface area (TPSA) is 24.9 Å². The molecule has 1 aliphatic rings. The minimum atomic E-state index is 0.539. The molecule has 21 heavy (non-hydrogen) atoms. The van der Waals surface area contributed by atoms with E-state index in [4.69, 9.17) is 4.98 Å². The van der Waals surface area contributed by atoms with Crippen LogP contribution in [0.5, 0.6) is 0 Å². The Labute approximate surface area is 139 Å². The van der Waals surface area contributed by atoms with Crippen molar-refractivity contribution in [3.8, 4) is 10.6 Å². The zero-order valence-electron chi connectivity index (χ0n) is 12.5. The number of aromatic nitrogens is 1. The smallest absolute Gasteiger partial charge is 0.125 e. The lowest BCUT2D eigenvalue weighted by Gasteiger charge is -2.22. The number of hydrogen-bond donors (Lipinski definition) is 1. The molecular formula is C17H21BrN2S. The van der Waals surface area contributed by atoms with Crippen LogP contribution >= 0.6 is 27.3 Å². The fourth-order valence-corrected chi connectivity index (χ4v) is 4.67. The van der Waals surface area contributed by atoms with Crippen LogP contribution in [0.2, 0.25) is 0 Å². The molecule has 1 aromatic carbocycles. The van der Waals surface area contributed by atoms with E-state index in [0.717, 1.165) is 16.0 Å². The fourth-order valence-electron chi connectivity index (χ4n) is 2.83. The summed E-state index contributed by atoms with van der Waals surface area (Å²) in [6.45, 7) is 5.46. The van der Waals surface area contributed by atoms with Gasteiger partial charge in [0.15, 0.2) is 0 Å². The van der Waals surface area contributed by atoms with Gasteiger partial charge in [-0.2, -0.15) is 0 Å². The van der Waals surface area contributed by atoms with Crippen molar-refractivity contribution in [3.63, 3.8) is 0 Å². The summed E-state index contributed by atoms with van der Waals surface area (Å²) in [5.74, 6) is 0.573. The van der Waals surface area contributed by atoms with E-state index in [1.54, 1.807) is 0 Å².